The molecule has 1 saturated carbocycles. The van der Waals surface area contributed by atoms with E-state index < -0.39 is 0 Å². The Bertz CT molecular complexity index is 290. The molecule has 0 aromatic carbocycles. The molecule has 1 aliphatic carbocycles. The van der Waals surface area contributed by atoms with E-state index in [1.807, 2.05) is 19.2 Å². The first-order chi connectivity index (χ1) is 6.24. The highest BCUT2D eigenvalue weighted by Gasteiger charge is 2.41. The van der Waals surface area contributed by atoms with Crippen molar-refractivity contribution in [3.8, 4) is 0 Å². The van der Waals surface area contributed by atoms with Crippen molar-refractivity contribution in [3.63, 3.8) is 0 Å². The van der Waals surface area contributed by atoms with Crippen molar-refractivity contribution >= 4 is 17.4 Å². The molecule has 1 aromatic heterocycles. The van der Waals surface area contributed by atoms with E-state index in [-0.39, 0.29) is 5.54 Å². The highest BCUT2D eigenvalue weighted by molar-refractivity contribution is 6.19. The average molecular weight is 197 g/mol. The van der Waals surface area contributed by atoms with Gasteiger partial charge in [0.05, 0.1) is 5.54 Å². The summed E-state index contributed by atoms with van der Waals surface area (Å²) in [6.07, 6.45) is 4.19. The molecule has 3 heteroatoms. The van der Waals surface area contributed by atoms with Gasteiger partial charge in [0.15, 0.2) is 0 Å². The number of pyridine rings is 1. The molecule has 2 nitrogen and oxygen atoms in total. The van der Waals surface area contributed by atoms with Crippen molar-refractivity contribution < 1.29 is 0 Å². The van der Waals surface area contributed by atoms with Gasteiger partial charge in [-0.2, -0.15) is 0 Å². The molecule has 0 atom stereocenters. The van der Waals surface area contributed by atoms with Gasteiger partial charge in [0.1, 0.15) is 5.82 Å². The zero-order chi connectivity index (χ0) is 9.31. The van der Waals surface area contributed by atoms with Crippen molar-refractivity contribution in [2.24, 2.45) is 0 Å². The minimum absolute atomic E-state index is 0.143. The third kappa shape index (κ3) is 1.94. The second kappa shape index (κ2) is 3.18. The molecule has 1 aromatic rings. The summed E-state index contributed by atoms with van der Waals surface area (Å²) in [7, 11) is 0. The van der Waals surface area contributed by atoms with Crippen LogP contribution in [0.15, 0.2) is 18.3 Å². The number of rotatable bonds is 3. The van der Waals surface area contributed by atoms with Crippen LogP contribution in [0.4, 0.5) is 5.82 Å². The molecule has 0 unspecified atom stereocenters. The number of aromatic nitrogens is 1. The van der Waals surface area contributed by atoms with Crippen LogP contribution in [0.25, 0.3) is 0 Å². The highest BCUT2D eigenvalue weighted by Crippen LogP contribution is 2.39. The molecule has 1 heterocycles. The Kier molecular flexibility index (Phi) is 2.16. The molecule has 1 aliphatic rings. The van der Waals surface area contributed by atoms with Crippen molar-refractivity contribution in [1.82, 2.24) is 4.98 Å². The lowest BCUT2D eigenvalue weighted by Crippen LogP contribution is -2.23. The normalized spacial score (nSPS) is 18.3. The zero-order valence-corrected chi connectivity index (χ0v) is 8.43. The van der Waals surface area contributed by atoms with Crippen LogP contribution in [0.5, 0.6) is 0 Å². The van der Waals surface area contributed by atoms with E-state index in [4.69, 9.17) is 11.6 Å². The van der Waals surface area contributed by atoms with Crippen LogP contribution in [0.3, 0.4) is 0 Å². The van der Waals surface area contributed by atoms with Gasteiger partial charge in [0.2, 0.25) is 0 Å². The fraction of sp³-hybridized carbons (Fsp3) is 0.500. The maximum Gasteiger partial charge on any atom is 0.126 e. The largest absolute Gasteiger partial charge is 0.363 e. The maximum atomic E-state index is 5.85. The van der Waals surface area contributed by atoms with Crippen LogP contribution in [0.2, 0.25) is 0 Å². The SMILES string of the molecule is Cc1ccc(NC2(CCl)CC2)nc1. The zero-order valence-electron chi connectivity index (χ0n) is 7.68. The molecular weight excluding hydrogens is 184 g/mol. The first-order valence-electron chi connectivity index (χ1n) is 4.51. The summed E-state index contributed by atoms with van der Waals surface area (Å²) in [5.74, 6) is 1.60. The highest BCUT2D eigenvalue weighted by atomic mass is 35.5. The number of alkyl halides is 1. The fourth-order valence-electron chi connectivity index (χ4n) is 1.26. The number of aryl methyl sites for hydroxylation is 1. The van der Waals surface area contributed by atoms with Gasteiger partial charge in [0, 0.05) is 12.1 Å². The van der Waals surface area contributed by atoms with E-state index in [1.165, 1.54) is 5.56 Å². The van der Waals surface area contributed by atoms with E-state index in [9.17, 15) is 0 Å². The predicted molar refractivity (Wildman–Crippen MR) is 55.3 cm³/mol. The summed E-state index contributed by atoms with van der Waals surface area (Å²) in [5.41, 5.74) is 1.32. The minimum Gasteiger partial charge on any atom is -0.363 e. The van der Waals surface area contributed by atoms with E-state index >= 15 is 0 Å². The molecule has 0 saturated heterocycles. The molecule has 2 rings (SSSR count). The van der Waals surface area contributed by atoms with Crippen LogP contribution in [0, 0.1) is 6.92 Å². The van der Waals surface area contributed by atoms with Crippen LogP contribution < -0.4 is 5.32 Å². The standard InChI is InChI=1S/C10H13ClN2/c1-8-2-3-9(12-6-8)13-10(7-11)4-5-10/h2-3,6H,4-5,7H2,1H3,(H,12,13). The number of hydrogen-bond donors (Lipinski definition) is 1. The van der Waals surface area contributed by atoms with E-state index in [0.717, 1.165) is 18.7 Å². The minimum atomic E-state index is 0.143. The van der Waals surface area contributed by atoms with Crippen molar-refractivity contribution in [2.75, 3.05) is 11.2 Å². The summed E-state index contributed by atoms with van der Waals surface area (Å²) in [6.45, 7) is 2.03. The van der Waals surface area contributed by atoms with Gasteiger partial charge in [-0.25, -0.2) is 4.98 Å². The number of halogens is 1. The van der Waals surface area contributed by atoms with Crippen molar-refractivity contribution in [3.05, 3.63) is 23.9 Å². The molecule has 1 fully saturated rings. The molecular formula is C10H13ClN2. The van der Waals surface area contributed by atoms with E-state index in [0.29, 0.717) is 5.88 Å². The topological polar surface area (TPSA) is 24.9 Å². The molecule has 0 spiro atoms. The Morgan fingerprint density at radius 2 is 2.31 bits per heavy atom. The van der Waals surface area contributed by atoms with Crippen LogP contribution >= 0.6 is 11.6 Å². The lowest BCUT2D eigenvalue weighted by molar-refractivity contribution is 0.829. The Morgan fingerprint density at radius 3 is 2.77 bits per heavy atom. The molecule has 13 heavy (non-hydrogen) atoms. The second-order valence-corrected chi connectivity index (χ2v) is 4.03. The van der Waals surface area contributed by atoms with E-state index in [1.54, 1.807) is 0 Å². The lowest BCUT2D eigenvalue weighted by atomic mass is 10.3. The van der Waals surface area contributed by atoms with Crippen molar-refractivity contribution in [1.29, 1.82) is 0 Å². The summed E-state index contributed by atoms with van der Waals surface area (Å²) < 4.78 is 0. The summed E-state index contributed by atoms with van der Waals surface area (Å²) >= 11 is 5.85. The Hall–Kier alpha value is -0.760. The van der Waals surface area contributed by atoms with Gasteiger partial charge in [-0.15, -0.1) is 11.6 Å². The Morgan fingerprint density at radius 1 is 1.54 bits per heavy atom. The smallest absolute Gasteiger partial charge is 0.126 e. The molecule has 0 bridgehead atoms. The first-order valence-corrected chi connectivity index (χ1v) is 5.04. The quantitative estimate of drug-likeness (QED) is 0.752. The number of anilines is 1. The molecule has 1 N–H and O–H groups in total. The van der Waals surface area contributed by atoms with Gasteiger partial charge < -0.3 is 5.32 Å². The van der Waals surface area contributed by atoms with Gasteiger partial charge in [0.25, 0.3) is 0 Å². The van der Waals surface area contributed by atoms with Crippen LogP contribution in [-0.2, 0) is 0 Å². The van der Waals surface area contributed by atoms with Gasteiger partial charge in [-0.05, 0) is 31.4 Å². The molecule has 0 amide bonds. The fourth-order valence-corrected chi connectivity index (χ4v) is 1.59. The Labute approximate surface area is 83.3 Å². The van der Waals surface area contributed by atoms with Gasteiger partial charge in [-0.3, -0.25) is 0 Å². The van der Waals surface area contributed by atoms with Crippen molar-refractivity contribution in [2.45, 2.75) is 25.3 Å². The average Bonchev–Trinajstić information content (AvgIpc) is 2.90. The summed E-state index contributed by atoms with van der Waals surface area (Å²) in [5, 5.41) is 3.36. The monoisotopic (exact) mass is 196 g/mol. The first kappa shape index (κ1) is 8.82. The third-order valence-electron chi connectivity index (χ3n) is 2.41. The number of nitrogens with zero attached hydrogens (tertiary/aromatic N) is 1. The van der Waals surface area contributed by atoms with E-state index in [2.05, 4.69) is 16.4 Å². The second-order valence-electron chi connectivity index (χ2n) is 3.76. The molecule has 0 radical (unpaired) electrons. The summed E-state index contributed by atoms with van der Waals surface area (Å²) in [4.78, 5) is 4.28. The van der Waals surface area contributed by atoms with Gasteiger partial charge in [-0.1, -0.05) is 6.07 Å². The maximum absolute atomic E-state index is 5.85. The summed E-state index contributed by atoms with van der Waals surface area (Å²) in [6, 6.07) is 4.06. The van der Waals surface area contributed by atoms with Gasteiger partial charge >= 0.3 is 0 Å². The van der Waals surface area contributed by atoms with Crippen LogP contribution in [0.1, 0.15) is 18.4 Å². The number of nitrogens with one attached hydrogen (secondary N) is 1. The number of hydrogen-bond acceptors (Lipinski definition) is 2. The Balaban J connectivity index is 2.06. The molecule has 70 valence electrons. The third-order valence-corrected chi connectivity index (χ3v) is 2.93. The van der Waals surface area contributed by atoms with Crippen LogP contribution in [-0.4, -0.2) is 16.4 Å². The lowest BCUT2D eigenvalue weighted by Gasteiger charge is -2.14. The molecule has 0 aliphatic heterocycles. The predicted octanol–water partition coefficient (Wildman–Crippen LogP) is 2.57.